The van der Waals surface area contributed by atoms with Crippen LogP contribution in [0.15, 0.2) is 0 Å². The number of halogens is 1. The Kier molecular flexibility index (Phi) is 6.16. The van der Waals surface area contributed by atoms with E-state index in [4.69, 9.17) is 0 Å². The molecule has 0 aromatic carbocycles. The highest BCUT2D eigenvalue weighted by Crippen LogP contribution is 2.02. The first-order chi connectivity index (χ1) is 5.91. The topological polar surface area (TPSA) is 46.2 Å². The minimum absolute atomic E-state index is 0.0174. The molecule has 0 aliphatic heterocycles. The van der Waals surface area contributed by atoms with Crippen LogP contribution >= 0.6 is 15.9 Å². The van der Waals surface area contributed by atoms with E-state index >= 15 is 0 Å². The first-order valence-electron chi connectivity index (χ1n) is 4.47. The van der Waals surface area contributed by atoms with Crippen LogP contribution in [-0.2, 0) is 10.0 Å². The highest BCUT2D eigenvalue weighted by molar-refractivity contribution is 9.09. The predicted molar refractivity (Wildman–Crippen MR) is 59.6 cm³/mol. The van der Waals surface area contributed by atoms with Gasteiger partial charge in [0.25, 0.3) is 0 Å². The van der Waals surface area contributed by atoms with Crippen molar-refractivity contribution in [3.8, 4) is 0 Å². The Balaban J connectivity index is 4.16. The molecule has 0 spiro atoms. The molecule has 0 aliphatic rings. The van der Waals surface area contributed by atoms with Gasteiger partial charge in [-0.25, -0.2) is 13.1 Å². The molecule has 13 heavy (non-hydrogen) atoms. The van der Waals surface area contributed by atoms with Crippen molar-refractivity contribution in [2.45, 2.75) is 33.2 Å². The Morgan fingerprint density at radius 1 is 1.38 bits per heavy atom. The van der Waals surface area contributed by atoms with Crippen molar-refractivity contribution in [2.75, 3.05) is 11.1 Å². The molecule has 0 saturated heterocycles. The lowest BCUT2D eigenvalue weighted by molar-refractivity contribution is 0.547. The Labute approximate surface area is 89.5 Å². The molecule has 0 aliphatic carbocycles. The molecule has 0 bridgehead atoms. The van der Waals surface area contributed by atoms with Gasteiger partial charge < -0.3 is 0 Å². The number of alkyl halides is 1. The summed E-state index contributed by atoms with van der Waals surface area (Å²) in [6.07, 6.45) is 0.808. The van der Waals surface area contributed by atoms with E-state index in [-0.39, 0.29) is 17.7 Å². The highest BCUT2D eigenvalue weighted by atomic mass is 79.9. The second kappa shape index (κ2) is 5.98. The van der Waals surface area contributed by atoms with Crippen LogP contribution in [0.2, 0.25) is 0 Å². The predicted octanol–water partition coefficient (Wildman–Crippen LogP) is 1.74. The molecule has 0 fully saturated rings. The summed E-state index contributed by atoms with van der Waals surface area (Å²) in [5, 5.41) is 0.667. The van der Waals surface area contributed by atoms with Crippen molar-refractivity contribution in [1.29, 1.82) is 0 Å². The van der Waals surface area contributed by atoms with E-state index in [0.29, 0.717) is 5.33 Å². The summed E-state index contributed by atoms with van der Waals surface area (Å²) >= 11 is 3.27. The van der Waals surface area contributed by atoms with Crippen LogP contribution in [0.1, 0.15) is 27.2 Å². The summed E-state index contributed by atoms with van der Waals surface area (Å²) in [4.78, 5) is 0. The van der Waals surface area contributed by atoms with Crippen molar-refractivity contribution >= 4 is 26.0 Å². The van der Waals surface area contributed by atoms with Gasteiger partial charge >= 0.3 is 0 Å². The van der Waals surface area contributed by atoms with Gasteiger partial charge in [0.15, 0.2) is 0 Å². The van der Waals surface area contributed by atoms with Crippen molar-refractivity contribution in [2.24, 2.45) is 5.92 Å². The van der Waals surface area contributed by atoms with Crippen LogP contribution in [0.5, 0.6) is 0 Å². The molecule has 0 aromatic heterocycles. The smallest absolute Gasteiger partial charge is 0.212 e. The SMILES string of the molecule is CCC(CBr)NS(=O)(=O)CC(C)C. The minimum atomic E-state index is -3.08. The zero-order valence-corrected chi connectivity index (χ0v) is 10.8. The first kappa shape index (κ1) is 13.4. The lowest BCUT2D eigenvalue weighted by atomic mass is 10.3. The van der Waals surface area contributed by atoms with Crippen LogP contribution in [0.25, 0.3) is 0 Å². The molecule has 1 N–H and O–H groups in total. The fraction of sp³-hybridized carbons (Fsp3) is 1.00. The Bertz CT molecular complexity index is 222. The third-order valence-corrected chi connectivity index (χ3v) is 4.16. The first-order valence-corrected chi connectivity index (χ1v) is 7.24. The molecule has 80 valence electrons. The van der Waals surface area contributed by atoms with Gasteiger partial charge in [-0.15, -0.1) is 0 Å². The third kappa shape index (κ3) is 6.46. The molecule has 0 heterocycles. The van der Waals surface area contributed by atoms with Gasteiger partial charge in [-0.3, -0.25) is 0 Å². The third-order valence-electron chi connectivity index (χ3n) is 1.58. The van der Waals surface area contributed by atoms with Crippen molar-refractivity contribution in [3.05, 3.63) is 0 Å². The van der Waals surface area contributed by atoms with Crippen LogP contribution < -0.4 is 4.72 Å². The monoisotopic (exact) mass is 271 g/mol. The maximum atomic E-state index is 11.4. The number of hydrogen-bond acceptors (Lipinski definition) is 2. The van der Waals surface area contributed by atoms with E-state index in [1.807, 2.05) is 20.8 Å². The zero-order valence-electron chi connectivity index (χ0n) is 8.38. The van der Waals surface area contributed by atoms with Crippen LogP contribution in [0, 0.1) is 5.92 Å². The van der Waals surface area contributed by atoms with E-state index in [0.717, 1.165) is 6.42 Å². The van der Waals surface area contributed by atoms with Gasteiger partial charge in [-0.2, -0.15) is 0 Å². The fourth-order valence-electron chi connectivity index (χ4n) is 0.965. The standard InChI is InChI=1S/C8H18BrNO2S/c1-4-8(5-9)10-13(11,12)6-7(2)3/h7-8,10H,4-6H2,1-3H3. The normalized spacial score (nSPS) is 14.8. The largest absolute Gasteiger partial charge is 0.212 e. The van der Waals surface area contributed by atoms with Crippen molar-refractivity contribution in [1.82, 2.24) is 4.72 Å². The molecule has 0 aromatic rings. The molecule has 0 radical (unpaired) electrons. The lowest BCUT2D eigenvalue weighted by Crippen LogP contribution is -2.38. The molecule has 0 amide bonds. The van der Waals surface area contributed by atoms with Gasteiger partial charge in [0.2, 0.25) is 10.0 Å². The second-order valence-corrected chi connectivity index (χ2v) is 6.00. The zero-order chi connectivity index (χ0) is 10.5. The average Bonchev–Trinajstić information content (AvgIpc) is 1.97. The summed E-state index contributed by atoms with van der Waals surface area (Å²) in [5.41, 5.74) is 0. The molecule has 0 saturated carbocycles. The number of hydrogen-bond donors (Lipinski definition) is 1. The molecular weight excluding hydrogens is 254 g/mol. The molecular formula is C8H18BrNO2S. The number of nitrogens with one attached hydrogen (secondary N) is 1. The molecule has 5 heteroatoms. The Morgan fingerprint density at radius 3 is 2.23 bits per heavy atom. The van der Waals surface area contributed by atoms with Gasteiger partial charge in [0, 0.05) is 11.4 Å². The van der Waals surface area contributed by atoms with E-state index < -0.39 is 10.0 Å². The van der Waals surface area contributed by atoms with E-state index in [1.165, 1.54) is 0 Å². The lowest BCUT2D eigenvalue weighted by Gasteiger charge is -2.15. The summed E-state index contributed by atoms with van der Waals surface area (Å²) in [7, 11) is -3.08. The summed E-state index contributed by atoms with van der Waals surface area (Å²) < 4.78 is 25.5. The number of rotatable bonds is 6. The second-order valence-electron chi connectivity index (χ2n) is 3.55. The van der Waals surface area contributed by atoms with Crippen LogP contribution in [0.4, 0.5) is 0 Å². The fourth-order valence-corrected chi connectivity index (χ4v) is 3.53. The summed E-state index contributed by atoms with van der Waals surface area (Å²) in [6, 6.07) is 0.0174. The molecule has 1 unspecified atom stereocenters. The van der Waals surface area contributed by atoms with Gasteiger partial charge in [0.1, 0.15) is 0 Å². The Morgan fingerprint density at radius 2 is 1.92 bits per heavy atom. The molecule has 1 atom stereocenters. The minimum Gasteiger partial charge on any atom is -0.212 e. The average molecular weight is 272 g/mol. The molecule has 3 nitrogen and oxygen atoms in total. The Hall–Kier alpha value is 0.390. The van der Waals surface area contributed by atoms with Gasteiger partial charge in [-0.1, -0.05) is 36.7 Å². The van der Waals surface area contributed by atoms with Gasteiger partial charge in [0.05, 0.1) is 5.75 Å². The van der Waals surface area contributed by atoms with E-state index in [2.05, 4.69) is 20.7 Å². The van der Waals surface area contributed by atoms with Crippen molar-refractivity contribution in [3.63, 3.8) is 0 Å². The van der Waals surface area contributed by atoms with Gasteiger partial charge in [-0.05, 0) is 12.3 Å². The van der Waals surface area contributed by atoms with E-state index in [9.17, 15) is 8.42 Å². The van der Waals surface area contributed by atoms with E-state index in [1.54, 1.807) is 0 Å². The maximum Gasteiger partial charge on any atom is 0.212 e. The molecule has 0 rings (SSSR count). The van der Waals surface area contributed by atoms with Crippen LogP contribution in [0.3, 0.4) is 0 Å². The summed E-state index contributed by atoms with van der Waals surface area (Å²) in [6.45, 7) is 5.76. The van der Waals surface area contributed by atoms with Crippen LogP contribution in [-0.4, -0.2) is 25.5 Å². The van der Waals surface area contributed by atoms with Crippen molar-refractivity contribution < 1.29 is 8.42 Å². The maximum absolute atomic E-state index is 11.4. The summed E-state index contributed by atoms with van der Waals surface area (Å²) in [5.74, 6) is 0.376. The highest BCUT2D eigenvalue weighted by Gasteiger charge is 2.16. The number of sulfonamides is 1. The quantitative estimate of drug-likeness (QED) is 0.748.